The van der Waals surface area contributed by atoms with Crippen LogP contribution in [0.25, 0.3) is 0 Å². The van der Waals surface area contributed by atoms with E-state index in [0.717, 1.165) is 5.57 Å². The molecule has 0 aromatic carbocycles. The summed E-state index contributed by atoms with van der Waals surface area (Å²) in [4.78, 5) is 13.3. The molecule has 0 saturated heterocycles. The molecule has 1 saturated carbocycles. The first-order valence-corrected chi connectivity index (χ1v) is 19.9. The SMILES string of the molecule is COC(=O)C1=C2C(O[Si](C(C)C)(C(C)C)C(C)C)CC(O)[C@]3(Br)C(O[Si](C(C)C)(C(C)C)C(C)C)=CC1OC23. The third-order valence-electron chi connectivity index (χ3n) is 9.94. The van der Waals surface area contributed by atoms with Crippen molar-refractivity contribution in [3.05, 3.63) is 23.0 Å². The van der Waals surface area contributed by atoms with Gasteiger partial charge in [0, 0.05) is 12.0 Å². The van der Waals surface area contributed by atoms with E-state index in [1.165, 1.54) is 7.11 Å². The smallest absolute Gasteiger partial charge is 0.336 e. The predicted molar refractivity (Wildman–Crippen MR) is 166 cm³/mol. The van der Waals surface area contributed by atoms with Crippen LogP contribution in [0.4, 0.5) is 0 Å². The van der Waals surface area contributed by atoms with Gasteiger partial charge in [0.25, 0.3) is 8.32 Å². The van der Waals surface area contributed by atoms with Gasteiger partial charge < -0.3 is 23.4 Å². The Kier molecular flexibility index (Phi) is 9.89. The number of fused-ring (bicyclic) bond motifs is 1. The van der Waals surface area contributed by atoms with E-state index in [1.807, 2.05) is 6.08 Å². The van der Waals surface area contributed by atoms with Crippen molar-refractivity contribution in [3.8, 4) is 0 Å². The van der Waals surface area contributed by atoms with Crippen LogP contribution in [-0.4, -0.2) is 63.6 Å². The molecule has 0 radical (unpaired) electrons. The van der Waals surface area contributed by atoms with Crippen LogP contribution < -0.4 is 0 Å². The Labute approximate surface area is 247 Å². The number of alkyl halides is 1. The number of halogens is 1. The first-order valence-electron chi connectivity index (χ1n) is 14.9. The molecule has 1 aliphatic carbocycles. The average Bonchev–Trinajstić information content (AvgIpc) is 3.17. The van der Waals surface area contributed by atoms with Gasteiger partial charge in [-0.25, -0.2) is 4.79 Å². The lowest BCUT2D eigenvalue weighted by Crippen LogP contribution is -2.62. The minimum absolute atomic E-state index is 0.356. The minimum atomic E-state index is -2.36. The highest BCUT2D eigenvalue weighted by atomic mass is 79.9. The fourth-order valence-electron chi connectivity index (χ4n) is 8.38. The summed E-state index contributed by atoms with van der Waals surface area (Å²) in [5.41, 5.74) is 3.47. The molecule has 5 atom stereocenters. The van der Waals surface area contributed by atoms with Crippen LogP contribution >= 0.6 is 15.9 Å². The van der Waals surface area contributed by atoms with Gasteiger partial charge in [-0.15, -0.1) is 0 Å². The van der Waals surface area contributed by atoms with Crippen molar-refractivity contribution in [2.75, 3.05) is 7.11 Å². The van der Waals surface area contributed by atoms with Crippen molar-refractivity contribution in [1.82, 2.24) is 0 Å². The number of esters is 1. The summed E-state index contributed by atoms with van der Waals surface area (Å²) in [6.07, 6.45) is -0.152. The summed E-state index contributed by atoms with van der Waals surface area (Å²) in [5, 5.41) is 11.9. The Balaban J connectivity index is 2.19. The van der Waals surface area contributed by atoms with Crippen LogP contribution in [-0.2, 0) is 23.1 Å². The third kappa shape index (κ3) is 4.99. The average molecular weight is 646 g/mol. The number of carbonyl (C=O) groups is 1. The standard InChI is InChI=1S/C30H53BrO6Si2/c1-16(2)38(17(3)4,18(5)6)36-23-14-24(32)30(31)25(37-39(19(7)8,20(9)10)21(11)12)15-22-27(29(33)34-13)26(23)28(30)35-22/h15-24,28,32H,14H2,1-13H3/t22?,23?,24?,28?,30-/m0/s1. The fourth-order valence-corrected chi connectivity index (χ4v) is 20.1. The molecule has 9 heteroatoms. The largest absolute Gasteiger partial charge is 0.545 e. The first-order chi connectivity index (χ1) is 17.9. The molecule has 0 aromatic rings. The lowest BCUT2D eigenvalue weighted by molar-refractivity contribution is -0.137. The highest BCUT2D eigenvalue weighted by Gasteiger charge is 2.65. The Morgan fingerprint density at radius 2 is 1.38 bits per heavy atom. The van der Waals surface area contributed by atoms with E-state index in [4.69, 9.17) is 18.3 Å². The lowest BCUT2D eigenvalue weighted by Gasteiger charge is -2.53. The van der Waals surface area contributed by atoms with Gasteiger partial charge in [-0.05, 0) is 39.3 Å². The second-order valence-electron chi connectivity index (χ2n) is 13.7. The number of carbonyl (C=O) groups excluding carboxylic acids is 1. The zero-order chi connectivity index (χ0) is 29.8. The van der Waals surface area contributed by atoms with Gasteiger partial charge in [-0.2, -0.15) is 0 Å². The zero-order valence-electron chi connectivity index (χ0n) is 26.4. The first kappa shape index (κ1) is 33.1. The molecule has 0 amide bonds. The number of aliphatic hydroxyl groups is 1. The van der Waals surface area contributed by atoms with Gasteiger partial charge in [-0.3, -0.25) is 0 Å². The summed E-state index contributed by atoms with van der Waals surface area (Å²) in [7, 11) is -3.28. The van der Waals surface area contributed by atoms with E-state index in [0.29, 0.717) is 51.0 Å². The van der Waals surface area contributed by atoms with E-state index >= 15 is 0 Å². The molecular weight excluding hydrogens is 592 g/mol. The summed E-state index contributed by atoms with van der Waals surface area (Å²) in [6.45, 7) is 27.0. The van der Waals surface area contributed by atoms with Crippen LogP contribution in [0.2, 0.25) is 33.2 Å². The second kappa shape index (κ2) is 11.7. The molecule has 2 heterocycles. The number of aliphatic hydroxyl groups excluding tert-OH is 1. The molecule has 2 bridgehead atoms. The molecule has 1 fully saturated rings. The Morgan fingerprint density at radius 3 is 1.79 bits per heavy atom. The number of methoxy groups -OCH3 is 1. The number of ether oxygens (including phenoxy) is 2. The summed E-state index contributed by atoms with van der Waals surface area (Å²) in [6, 6.07) is 0. The van der Waals surface area contributed by atoms with Crippen molar-refractivity contribution in [3.63, 3.8) is 0 Å². The van der Waals surface area contributed by atoms with Crippen LogP contribution in [0, 0.1) is 0 Å². The molecule has 39 heavy (non-hydrogen) atoms. The molecule has 2 aliphatic heterocycles. The van der Waals surface area contributed by atoms with Crippen molar-refractivity contribution in [2.45, 2.75) is 151 Å². The maximum Gasteiger partial charge on any atom is 0.336 e. The maximum absolute atomic E-state index is 13.3. The number of rotatable bonds is 11. The summed E-state index contributed by atoms with van der Waals surface area (Å²) < 4.78 is 25.3. The topological polar surface area (TPSA) is 74.2 Å². The van der Waals surface area contributed by atoms with Crippen molar-refractivity contribution < 1.29 is 28.2 Å². The molecule has 3 aliphatic rings. The van der Waals surface area contributed by atoms with E-state index < -0.39 is 51.3 Å². The van der Waals surface area contributed by atoms with E-state index in [2.05, 4.69) is 99.0 Å². The molecule has 0 spiro atoms. The zero-order valence-corrected chi connectivity index (χ0v) is 30.0. The molecule has 0 aromatic heterocycles. The van der Waals surface area contributed by atoms with Crippen LogP contribution in [0.3, 0.4) is 0 Å². The van der Waals surface area contributed by atoms with Crippen molar-refractivity contribution in [1.29, 1.82) is 0 Å². The van der Waals surface area contributed by atoms with Crippen LogP contribution in [0.1, 0.15) is 89.5 Å². The van der Waals surface area contributed by atoms with Gasteiger partial charge in [0.15, 0.2) is 0 Å². The van der Waals surface area contributed by atoms with E-state index in [9.17, 15) is 9.90 Å². The van der Waals surface area contributed by atoms with Crippen molar-refractivity contribution >= 4 is 38.5 Å². The third-order valence-corrected chi connectivity index (χ3v) is 23.4. The van der Waals surface area contributed by atoms with Gasteiger partial charge >= 0.3 is 5.97 Å². The highest BCUT2D eigenvalue weighted by Crippen LogP contribution is 2.58. The molecule has 6 nitrogen and oxygen atoms in total. The Hall–Kier alpha value is -0.456. The summed E-state index contributed by atoms with van der Waals surface area (Å²) >= 11 is 3.99. The van der Waals surface area contributed by atoms with Crippen LogP contribution in [0.5, 0.6) is 0 Å². The molecular formula is C30H53BrO6Si2. The quantitative estimate of drug-likeness (QED) is 0.141. The highest BCUT2D eigenvalue weighted by molar-refractivity contribution is 9.10. The van der Waals surface area contributed by atoms with Crippen LogP contribution in [0.15, 0.2) is 23.0 Å². The number of hydrogen-bond donors (Lipinski definition) is 1. The second-order valence-corrected chi connectivity index (χ2v) is 25.8. The Bertz CT molecular complexity index is 944. The normalized spacial score (nSPS) is 29.4. The molecule has 4 unspecified atom stereocenters. The van der Waals surface area contributed by atoms with Crippen molar-refractivity contribution in [2.24, 2.45) is 0 Å². The maximum atomic E-state index is 13.3. The lowest BCUT2D eigenvalue weighted by atomic mass is 9.77. The summed E-state index contributed by atoms with van der Waals surface area (Å²) in [5.74, 6) is 0.301. The number of hydrogen-bond acceptors (Lipinski definition) is 6. The monoisotopic (exact) mass is 644 g/mol. The van der Waals surface area contributed by atoms with Gasteiger partial charge in [-0.1, -0.05) is 99.0 Å². The van der Waals surface area contributed by atoms with Gasteiger partial charge in [0.2, 0.25) is 8.32 Å². The Morgan fingerprint density at radius 1 is 0.923 bits per heavy atom. The predicted octanol–water partition coefficient (Wildman–Crippen LogP) is 7.77. The van der Waals surface area contributed by atoms with Gasteiger partial charge in [0.05, 0.1) is 24.9 Å². The molecule has 224 valence electrons. The molecule has 1 N–H and O–H groups in total. The molecule has 3 rings (SSSR count). The van der Waals surface area contributed by atoms with Gasteiger partial charge in [0.1, 0.15) is 22.3 Å². The van der Waals surface area contributed by atoms with E-state index in [1.54, 1.807) is 0 Å². The van der Waals surface area contributed by atoms with E-state index in [-0.39, 0.29) is 0 Å². The minimum Gasteiger partial charge on any atom is -0.545 e. The fraction of sp³-hybridized carbons (Fsp3) is 0.833.